The molecule has 1 amide bonds. The van der Waals surface area contributed by atoms with Gasteiger partial charge in [-0.3, -0.25) is 4.79 Å². The van der Waals surface area contributed by atoms with Gasteiger partial charge in [-0.2, -0.15) is 0 Å². The van der Waals surface area contributed by atoms with Crippen molar-refractivity contribution < 1.29 is 4.79 Å². The minimum atomic E-state index is 0.190. The highest BCUT2D eigenvalue weighted by Gasteiger charge is 2.29. The fourth-order valence-corrected chi connectivity index (χ4v) is 5.24. The van der Waals surface area contributed by atoms with Crippen molar-refractivity contribution in [3.8, 4) is 0 Å². The number of nitrogens with zero attached hydrogens (tertiary/aromatic N) is 3. The topological polar surface area (TPSA) is 36.4 Å². The van der Waals surface area contributed by atoms with Crippen molar-refractivity contribution in [3.63, 3.8) is 0 Å². The summed E-state index contributed by atoms with van der Waals surface area (Å²) in [7, 11) is 0. The number of carbonyl (C=O) groups excluding carboxylic acids is 1. The van der Waals surface area contributed by atoms with Crippen molar-refractivity contribution >= 4 is 32.6 Å². The van der Waals surface area contributed by atoms with E-state index in [2.05, 4.69) is 61.2 Å². The predicted molar refractivity (Wildman–Crippen MR) is 120 cm³/mol. The zero-order chi connectivity index (χ0) is 20.0. The van der Waals surface area contributed by atoms with Crippen LogP contribution in [0.1, 0.15) is 42.4 Å². The van der Waals surface area contributed by atoms with Crippen LogP contribution in [0.2, 0.25) is 0 Å². The molecule has 1 aliphatic heterocycles. The molecule has 4 nitrogen and oxygen atoms in total. The molecule has 3 aromatic rings. The summed E-state index contributed by atoms with van der Waals surface area (Å²) in [5.41, 5.74) is 4.86. The summed E-state index contributed by atoms with van der Waals surface area (Å²) in [6.07, 6.45) is 3.12. The van der Waals surface area contributed by atoms with Gasteiger partial charge in [-0.25, -0.2) is 4.98 Å². The van der Waals surface area contributed by atoms with Crippen LogP contribution in [-0.4, -0.2) is 41.5 Å². The predicted octanol–water partition coefficient (Wildman–Crippen LogP) is 4.76. The number of thiazole rings is 1. The van der Waals surface area contributed by atoms with Crippen LogP contribution in [0.25, 0.3) is 10.2 Å². The van der Waals surface area contributed by atoms with Crippen LogP contribution in [0.5, 0.6) is 0 Å². The van der Waals surface area contributed by atoms with Crippen molar-refractivity contribution in [2.75, 3.05) is 24.5 Å². The van der Waals surface area contributed by atoms with E-state index < -0.39 is 0 Å². The van der Waals surface area contributed by atoms with Crippen molar-refractivity contribution in [2.45, 2.75) is 45.1 Å². The Morgan fingerprint density at radius 2 is 1.93 bits per heavy atom. The second kappa shape index (κ2) is 7.45. The van der Waals surface area contributed by atoms with Crippen LogP contribution < -0.4 is 4.90 Å². The molecule has 1 atom stereocenters. The quantitative estimate of drug-likeness (QED) is 0.628. The Balaban J connectivity index is 1.23. The van der Waals surface area contributed by atoms with Crippen molar-refractivity contribution in [1.29, 1.82) is 0 Å². The first kappa shape index (κ1) is 18.6. The molecule has 5 rings (SSSR count). The fourth-order valence-electron chi connectivity index (χ4n) is 4.26. The Morgan fingerprint density at radius 3 is 2.66 bits per heavy atom. The van der Waals surface area contributed by atoms with Crippen molar-refractivity contribution in [2.24, 2.45) is 0 Å². The average molecular weight is 406 g/mol. The van der Waals surface area contributed by atoms with E-state index in [0.29, 0.717) is 6.42 Å². The molecule has 1 saturated carbocycles. The van der Waals surface area contributed by atoms with Crippen LogP contribution in [0.3, 0.4) is 0 Å². The average Bonchev–Trinajstić information content (AvgIpc) is 3.47. The zero-order valence-corrected chi connectivity index (χ0v) is 17.9. The number of aromatic nitrogens is 1. The largest absolute Gasteiger partial charge is 0.344 e. The van der Waals surface area contributed by atoms with E-state index in [9.17, 15) is 4.79 Å². The zero-order valence-electron chi connectivity index (χ0n) is 17.1. The van der Waals surface area contributed by atoms with Gasteiger partial charge in [-0.1, -0.05) is 41.7 Å². The highest BCUT2D eigenvalue weighted by atomic mass is 32.1. The van der Waals surface area contributed by atoms with E-state index in [1.165, 1.54) is 28.7 Å². The van der Waals surface area contributed by atoms with Gasteiger partial charge in [0.15, 0.2) is 5.13 Å². The third-order valence-electron chi connectivity index (χ3n) is 6.13. The highest BCUT2D eigenvalue weighted by molar-refractivity contribution is 7.22. The third-order valence-corrected chi connectivity index (χ3v) is 7.23. The van der Waals surface area contributed by atoms with Gasteiger partial charge in [-0.05, 0) is 61.4 Å². The lowest BCUT2D eigenvalue weighted by Crippen LogP contribution is -2.54. The monoisotopic (exact) mass is 405 g/mol. The molecule has 1 aromatic heterocycles. The molecule has 2 fully saturated rings. The summed E-state index contributed by atoms with van der Waals surface area (Å²) in [5.74, 6) is 0.996. The van der Waals surface area contributed by atoms with Crippen LogP contribution >= 0.6 is 11.3 Å². The standard InChI is InChI=1S/C24H27N3OS/c1-16-3-10-22-21(13-16)25-24(29-22)26-11-12-27(17(2)15-26)23(28)14-18-4-6-19(7-5-18)20-8-9-20/h3-7,10,13,17,20H,8-9,11-12,14-15H2,1-2H3. The Hall–Kier alpha value is -2.40. The maximum atomic E-state index is 12.9. The molecular formula is C24H27N3OS. The molecule has 2 aliphatic rings. The SMILES string of the molecule is Cc1ccc2sc(N3CCN(C(=O)Cc4ccc(C5CC5)cc4)C(C)C3)nc2c1. The lowest BCUT2D eigenvalue weighted by Gasteiger charge is -2.40. The van der Waals surface area contributed by atoms with E-state index in [1.54, 1.807) is 11.3 Å². The molecule has 29 heavy (non-hydrogen) atoms. The fraction of sp³-hybridized carbons (Fsp3) is 0.417. The summed E-state index contributed by atoms with van der Waals surface area (Å²) < 4.78 is 1.23. The molecule has 1 unspecified atom stereocenters. The summed E-state index contributed by atoms with van der Waals surface area (Å²) >= 11 is 1.75. The van der Waals surface area contributed by atoms with Gasteiger partial charge in [0.25, 0.3) is 0 Å². The van der Waals surface area contributed by atoms with Crippen molar-refractivity contribution in [3.05, 3.63) is 59.2 Å². The first-order chi connectivity index (χ1) is 14.1. The number of piperazine rings is 1. The Morgan fingerprint density at radius 1 is 1.14 bits per heavy atom. The van der Waals surface area contributed by atoms with Gasteiger partial charge in [0.2, 0.25) is 5.91 Å². The number of amides is 1. The van der Waals surface area contributed by atoms with Crippen molar-refractivity contribution in [1.82, 2.24) is 9.88 Å². The van der Waals surface area contributed by atoms with Crippen LogP contribution in [-0.2, 0) is 11.2 Å². The number of fused-ring (bicyclic) bond motifs is 1. The maximum absolute atomic E-state index is 12.9. The first-order valence-electron chi connectivity index (χ1n) is 10.6. The molecule has 150 valence electrons. The third kappa shape index (κ3) is 3.88. The molecule has 0 bridgehead atoms. The number of rotatable bonds is 4. The Kier molecular flexibility index (Phi) is 4.78. The molecular weight excluding hydrogens is 378 g/mol. The van der Waals surface area contributed by atoms with Gasteiger partial charge < -0.3 is 9.80 Å². The summed E-state index contributed by atoms with van der Waals surface area (Å²) in [5, 5.41) is 1.07. The molecule has 0 N–H and O–H groups in total. The van der Waals surface area contributed by atoms with Crippen LogP contribution in [0.4, 0.5) is 5.13 Å². The Bertz CT molecular complexity index is 1040. The van der Waals surface area contributed by atoms with Crippen LogP contribution in [0, 0.1) is 6.92 Å². The van der Waals surface area contributed by atoms with E-state index >= 15 is 0 Å². The number of benzene rings is 2. The molecule has 1 aliphatic carbocycles. The molecule has 0 spiro atoms. The number of anilines is 1. The molecule has 5 heteroatoms. The smallest absolute Gasteiger partial charge is 0.227 e. The highest BCUT2D eigenvalue weighted by Crippen LogP contribution is 2.40. The van der Waals surface area contributed by atoms with E-state index in [0.717, 1.165) is 41.8 Å². The molecule has 2 heterocycles. The van der Waals surface area contributed by atoms with Gasteiger partial charge in [0.1, 0.15) is 0 Å². The second-order valence-electron chi connectivity index (χ2n) is 8.54. The minimum absolute atomic E-state index is 0.190. The lowest BCUT2D eigenvalue weighted by atomic mass is 10.0. The number of aryl methyl sites for hydroxylation is 1. The van der Waals surface area contributed by atoms with Gasteiger partial charge >= 0.3 is 0 Å². The maximum Gasteiger partial charge on any atom is 0.227 e. The number of hydrogen-bond acceptors (Lipinski definition) is 4. The first-order valence-corrected chi connectivity index (χ1v) is 11.4. The number of hydrogen-bond donors (Lipinski definition) is 0. The molecule has 0 radical (unpaired) electrons. The summed E-state index contributed by atoms with van der Waals surface area (Å²) in [4.78, 5) is 22.1. The normalized spacial score (nSPS) is 19.7. The lowest BCUT2D eigenvalue weighted by molar-refractivity contribution is -0.132. The minimum Gasteiger partial charge on any atom is -0.344 e. The summed E-state index contributed by atoms with van der Waals surface area (Å²) in [6, 6.07) is 15.3. The van der Waals surface area contributed by atoms with Crippen LogP contribution in [0.15, 0.2) is 42.5 Å². The van der Waals surface area contributed by atoms with E-state index in [4.69, 9.17) is 4.98 Å². The number of carbonyl (C=O) groups is 1. The van der Waals surface area contributed by atoms with Gasteiger partial charge in [-0.15, -0.1) is 0 Å². The molecule has 1 saturated heterocycles. The molecule has 2 aromatic carbocycles. The van der Waals surface area contributed by atoms with E-state index in [1.807, 2.05) is 4.90 Å². The Labute approximate surface area is 176 Å². The van der Waals surface area contributed by atoms with E-state index in [-0.39, 0.29) is 11.9 Å². The second-order valence-corrected chi connectivity index (χ2v) is 9.55. The van der Waals surface area contributed by atoms with Gasteiger partial charge in [0, 0.05) is 25.7 Å². The van der Waals surface area contributed by atoms with Gasteiger partial charge in [0.05, 0.1) is 16.6 Å². The summed E-state index contributed by atoms with van der Waals surface area (Å²) in [6.45, 7) is 6.69.